The molecule has 0 amide bonds. The summed E-state index contributed by atoms with van der Waals surface area (Å²) in [6, 6.07) is 59.3. The van der Waals surface area contributed by atoms with Gasteiger partial charge in [-0.15, -0.1) is 0 Å². The van der Waals surface area contributed by atoms with Gasteiger partial charge >= 0.3 is 0 Å². The van der Waals surface area contributed by atoms with E-state index in [1.807, 2.05) is 0 Å². The highest BCUT2D eigenvalue weighted by Crippen LogP contribution is 2.46. The highest BCUT2D eigenvalue weighted by Gasteiger charge is 2.24. The molecule has 45 heavy (non-hydrogen) atoms. The first-order chi connectivity index (χ1) is 22.4. The van der Waals surface area contributed by atoms with Crippen LogP contribution in [0.15, 0.2) is 164 Å². The van der Waals surface area contributed by atoms with Gasteiger partial charge in [-0.3, -0.25) is 0 Å². The van der Waals surface area contributed by atoms with Gasteiger partial charge in [0.15, 0.2) is 0 Å². The average molecular weight is 574 g/mol. The van der Waals surface area contributed by atoms with Crippen LogP contribution in [0.1, 0.15) is 0 Å². The Balaban J connectivity index is 1.55. The zero-order chi connectivity index (χ0) is 29.5. The van der Waals surface area contributed by atoms with Gasteiger partial charge < -0.3 is 13.7 Å². The molecule has 0 saturated heterocycles. The van der Waals surface area contributed by atoms with Crippen molar-refractivity contribution in [3.63, 3.8) is 0 Å². The summed E-state index contributed by atoms with van der Waals surface area (Å²) in [5.41, 5.74) is 10.8. The van der Waals surface area contributed by atoms with Crippen LogP contribution in [0.25, 0.3) is 82.5 Å². The molecule has 0 fully saturated rings. The van der Waals surface area contributed by atoms with Gasteiger partial charge in [0, 0.05) is 49.4 Å². The Morgan fingerprint density at radius 2 is 0.600 bits per heavy atom. The third kappa shape index (κ3) is 3.30. The van der Waals surface area contributed by atoms with E-state index in [0.717, 1.165) is 17.1 Å². The molecule has 3 nitrogen and oxygen atoms in total. The molecule has 210 valence electrons. The molecule has 0 N–H and O–H groups in total. The molecule has 0 unspecified atom stereocenters. The number of fused-ring (bicyclic) bond motifs is 11. The monoisotopic (exact) mass is 573 g/mol. The Bertz CT molecular complexity index is 2560. The van der Waals surface area contributed by atoms with Gasteiger partial charge in [-0.2, -0.15) is 0 Å². The average Bonchev–Trinajstić information content (AvgIpc) is 3.75. The van der Waals surface area contributed by atoms with E-state index in [4.69, 9.17) is 0 Å². The summed E-state index contributed by atoms with van der Waals surface area (Å²) in [5, 5.41) is 7.56. The zero-order valence-electron chi connectivity index (χ0n) is 24.4. The topological polar surface area (TPSA) is 14.8 Å². The van der Waals surface area contributed by atoms with E-state index in [-0.39, 0.29) is 0 Å². The number of hydrogen-bond acceptors (Lipinski definition) is 0. The van der Waals surface area contributed by atoms with Gasteiger partial charge in [0.25, 0.3) is 0 Å². The summed E-state index contributed by atoms with van der Waals surface area (Å²) in [7, 11) is 0. The summed E-state index contributed by atoms with van der Waals surface area (Å²) in [6.07, 6.45) is 0. The number of nitrogens with zero attached hydrogens (tertiary/aromatic N) is 3. The van der Waals surface area contributed by atoms with Crippen LogP contribution >= 0.6 is 0 Å². The second-order valence-electron chi connectivity index (χ2n) is 11.8. The molecule has 10 aromatic rings. The Morgan fingerprint density at radius 3 is 1.02 bits per heavy atom. The molecule has 0 radical (unpaired) electrons. The Kier molecular flexibility index (Phi) is 5.00. The molecule has 3 aromatic heterocycles. The minimum atomic E-state index is 1.15. The molecule has 3 heteroatoms. The third-order valence-corrected chi connectivity index (χ3v) is 9.40. The lowest BCUT2D eigenvalue weighted by atomic mass is 10.0. The van der Waals surface area contributed by atoms with E-state index in [1.54, 1.807) is 0 Å². The van der Waals surface area contributed by atoms with Crippen molar-refractivity contribution in [3.8, 4) is 17.1 Å². The molecule has 7 aromatic carbocycles. The summed E-state index contributed by atoms with van der Waals surface area (Å²) in [4.78, 5) is 0. The van der Waals surface area contributed by atoms with Crippen LogP contribution in [0.4, 0.5) is 0 Å². The number of rotatable bonds is 3. The maximum Gasteiger partial charge on any atom is 0.0642 e. The standard InChI is InChI=1S/C42H27N3/c1-4-14-28(15-5-1)43-37-26-24-33-31-20-10-12-22-35(31)44(29-16-6-2-7-17-29)41(33)39(37)40-38(43)27-25-34-32-21-11-13-23-36(32)45(42(34)40)30-18-8-3-9-19-30/h1-27H. The van der Waals surface area contributed by atoms with Gasteiger partial charge in [-0.1, -0.05) is 103 Å². The van der Waals surface area contributed by atoms with E-state index in [0.29, 0.717) is 0 Å². The second kappa shape index (κ2) is 9.22. The quantitative estimate of drug-likeness (QED) is 0.200. The first kappa shape index (κ1) is 24.4. The predicted octanol–water partition coefficient (Wildman–Crippen LogP) is 11.0. The number of aromatic nitrogens is 3. The SMILES string of the molecule is c1ccc(-n2c3ccc4c5ccccc5n(-c5ccccc5)c4c3c3c2ccc2c4ccccc4n(-c4ccccc4)c23)cc1. The van der Waals surface area contributed by atoms with Gasteiger partial charge in [-0.25, -0.2) is 0 Å². The predicted molar refractivity (Wildman–Crippen MR) is 189 cm³/mol. The zero-order valence-corrected chi connectivity index (χ0v) is 24.4. The molecule has 0 saturated carbocycles. The minimum absolute atomic E-state index is 1.15. The lowest BCUT2D eigenvalue weighted by Crippen LogP contribution is -1.95. The van der Waals surface area contributed by atoms with Crippen LogP contribution in [0.5, 0.6) is 0 Å². The van der Waals surface area contributed by atoms with Gasteiger partial charge in [0.2, 0.25) is 0 Å². The molecular weight excluding hydrogens is 546 g/mol. The minimum Gasteiger partial charge on any atom is -0.309 e. The van der Waals surface area contributed by atoms with Crippen molar-refractivity contribution in [1.82, 2.24) is 13.7 Å². The van der Waals surface area contributed by atoms with Crippen molar-refractivity contribution in [2.45, 2.75) is 0 Å². The van der Waals surface area contributed by atoms with Gasteiger partial charge in [0.05, 0.1) is 33.1 Å². The highest BCUT2D eigenvalue weighted by molar-refractivity contribution is 6.33. The molecule has 3 heterocycles. The lowest BCUT2D eigenvalue weighted by molar-refractivity contribution is 1.17. The van der Waals surface area contributed by atoms with Crippen LogP contribution < -0.4 is 0 Å². The molecule has 0 aliphatic heterocycles. The number of para-hydroxylation sites is 5. The van der Waals surface area contributed by atoms with E-state index in [2.05, 4.69) is 177 Å². The van der Waals surface area contributed by atoms with Crippen LogP contribution in [0.3, 0.4) is 0 Å². The molecule has 0 atom stereocenters. The Hall–Kier alpha value is -6.06. The van der Waals surface area contributed by atoms with Crippen LogP contribution in [-0.2, 0) is 0 Å². The molecule has 10 rings (SSSR count). The Labute approximate surface area is 259 Å². The molecule has 0 bridgehead atoms. The Morgan fingerprint density at radius 1 is 0.244 bits per heavy atom. The van der Waals surface area contributed by atoms with E-state index < -0.39 is 0 Å². The first-order valence-corrected chi connectivity index (χ1v) is 15.5. The van der Waals surface area contributed by atoms with E-state index in [1.165, 1.54) is 65.4 Å². The summed E-state index contributed by atoms with van der Waals surface area (Å²) >= 11 is 0. The summed E-state index contributed by atoms with van der Waals surface area (Å²) < 4.78 is 7.38. The van der Waals surface area contributed by atoms with Gasteiger partial charge in [0.1, 0.15) is 0 Å². The summed E-state index contributed by atoms with van der Waals surface area (Å²) in [5.74, 6) is 0. The fourth-order valence-corrected chi connectivity index (χ4v) is 7.64. The third-order valence-electron chi connectivity index (χ3n) is 9.40. The van der Waals surface area contributed by atoms with E-state index in [9.17, 15) is 0 Å². The van der Waals surface area contributed by atoms with Crippen molar-refractivity contribution in [1.29, 1.82) is 0 Å². The maximum absolute atomic E-state index is 2.47. The smallest absolute Gasteiger partial charge is 0.0642 e. The largest absolute Gasteiger partial charge is 0.309 e. The van der Waals surface area contributed by atoms with Crippen molar-refractivity contribution in [3.05, 3.63) is 164 Å². The first-order valence-electron chi connectivity index (χ1n) is 15.5. The highest BCUT2D eigenvalue weighted by atomic mass is 15.0. The van der Waals surface area contributed by atoms with Crippen molar-refractivity contribution < 1.29 is 0 Å². The van der Waals surface area contributed by atoms with Crippen LogP contribution in [0, 0.1) is 0 Å². The summed E-state index contributed by atoms with van der Waals surface area (Å²) in [6.45, 7) is 0. The fourth-order valence-electron chi connectivity index (χ4n) is 7.64. The number of hydrogen-bond donors (Lipinski definition) is 0. The van der Waals surface area contributed by atoms with Crippen LogP contribution in [0.2, 0.25) is 0 Å². The molecular formula is C42H27N3. The number of benzene rings is 7. The fraction of sp³-hybridized carbons (Fsp3) is 0. The van der Waals surface area contributed by atoms with Gasteiger partial charge in [-0.05, 0) is 60.7 Å². The van der Waals surface area contributed by atoms with E-state index >= 15 is 0 Å². The van der Waals surface area contributed by atoms with Crippen LogP contribution in [-0.4, -0.2) is 13.7 Å². The maximum atomic E-state index is 2.47. The second-order valence-corrected chi connectivity index (χ2v) is 11.8. The lowest BCUT2D eigenvalue weighted by Gasteiger charge is -2.11. The normalized spacial score (nSPS) is 12.0. The van der Waals surface area contributed by atoms with Crippen molar-refractivity contribution >= 4 is 65.4 Å². The molecule has 0 aliphatic carbocycles. The van der Waals surface area contributed by atoms with Crippen molar-refractivity contribution in [2.24, 2.45) is 0 Å². The van der Waals surface area contributed by atoms with Crippen molar-refractivity contribution in [2.75, 3.05) is 0 Å². The molecule has 0 aliphatic rings. The molecule has 0 spiro atoms.